The van der Waals surface area contributed by atoms with Crippen LogP contribution in [0.2, 0.25) is 0 Å². The van der Waals surface area contributed by atoms with Crippen molar-refractivity contribution in [1.82, 2.24) is 0 Å². The summed E-state index contributed by atoms with van der Waals surface area (Å²) >= 11 is 0. The second-order valence-corrected chi connectivity index (χ2v) is 3.81. The molecule has 1 atom stereocenters. The van der Waals surface area contributed by atoms with E-state index in [2.05, 4.69) is 4.74 Å². The van der Waals surface area contributed by atoms with Gasteiger partial charge in [0.25, 0.3) is 0 Å². The van der Waals surface area contributed by atoms with E-state index < -0.39 is 5.41 Å². The van der Waals surface area contributed by atoms with E-state index >= 15 is 0 Å². The number of hydrogen-bond donors (Lipinski definition) is 0. The molecule has 1 fully saturated rings. The SMILES string of the molecule is COC(=O)C1(C)CCCCCC1=O. The monoisotopic (exact) mass is 184 g/mol. The van der Waals surface area contributed by atoms with Gasteiger partial charge in [-0.05, 0) is 19.8 Å². The van der Waals surface area contributed by atoms with Gasteiger partial charge in [-0.1, -0.05) is 12.8 Å². The minimum Gasteiger partial charge on any atom is -0.468 e. The van der Waals surface area contributed by atoms with Gasteiger partial charge >= 0.3 is 5.97 Å². The van der Waals surface area contributed by atoms with Crippen molar-refractivity contribution < 1.29 is 14.3 Å². The van der Waals surface area contributed by atoms with Crippen LogP contribution in [0.5, 0.6) is 0 Å². The normalized spacial score (nSPS) is 29.5. The molecular formula is C10H16O3. The molecule has 1 aliphatic rings. The molecule has 3 nitrogen and oxygen atoms in total. The van der Waals surface area contributed by atoms with Gasteiger partial charge in [0.15, 0.2) is 0 Å². The summed E-state index contributed by atoms with van der Waals surface area (Å²) in [7, 11) is 1.34. The molecule has 0 heterocycles. The average molecular weight is 184 g/mol. The smallest absolute Gasteiger partial charge is 0.319 e. The number of esters is 1. The fraction of sp³-hybridized carbons (Fsp3) is 0.800. The summed E-state index contributed by atoms with van der Waals surface area (Å²) in [5, 5.41) is 0. The highest BCUT2D eigenvalue weighted by Gasteiger charge is 2.41. The first-order valence-electron chi connectivity index (χ1n) is 4.73. The lowest BCUT2D eigenvalue weighted by atomic mass is 9.81. The molecule has 1 unspecified atom stereocenters. The molecule has 0 amide bonds. The molecule has 1 saturated carbocycles. The standard InChI is InChI=1S/C10H16O3/c1-10(9(12)13-2)7-5-3-4-6-8(10)11/h3-7H2,1-2H3. The van der Waals surface area contributed by atoms with Crippen molar-refractivity contribution in [1.29, 1.82) is 0 Å². The summed E-state index contributed by atoms with van der Waals surface area (Å²) in [6.45, 7) is 1.70. The Morgan fingerprint density at radius 2 is 2.08 bits per heavy atom. The van der Waals surface area contributed by atoms with E-state index in [1.807, 2.05) is 0 Å². The summed E-state index contributed by atoms with van der Waals surface area (Å²) in [5.74, 6) is -0.337. The molecule has 1 rings (SSSR count). The predicted octanol–water partition coefficient (Wildman–Crippen LogP) is 1.70. The van der Waals surface area contributed by atoms with Crippen LogP contribution in [0.3, 0.4) is 0 Å². The first-order chi connectivity index (χ1) is 6.11. The summed E-state index contributed by atoms with van der Waals surface area (Å²) in [6.07, 6.45) is 4.05. The molecule has 13 heavy (non-hydrogen) atoms. The number of methoxy groups -OCH3 is 1. The Hall–Kier alpha value is -0.860. The van der Waals surface area contributed by atoms with Gasteiger partial charge < -0.3 is 4.74 Å². The topological polar surface area (TPSA) is 43.4 Å². The molecule has 0 saturated heterocycles. The van der Waals surface area contributed by atoms with Gasteiger partial charge in [-0.25, -0.2) is 0 Å². The first-order valence-corrected chi connectivity index (χ1v) is 4.73. The number of carbonyl (C=O) groups excluding carboxylic acids is 2. The number of hydrogen-bond acceptors (Lipinski definition) is 3. The van der Waals surface area contributed by atoms with Gasteiger partial charge in [-0.3, -0.25) is 9.59 Å². The third kappa shape index (κ3) is 1.90. The van der Waals surface area contributed by atoms with Crippen molar-refractivity contribution in [2.24, 2.45) is 5.41 Å². The molecule has 0 N–H and O–H groups in total. The molecule has 0 bridgehead atoms. The number of Topliss-reactive ketones (excluding diaryl/α,β-unsaturated/α-hetero) is 1. The molecule has 0 radical (unpaired) electrons. The minimum atomic E-state index is -0.870. The van der Waals surface area contributed by atoms with Crippen LogP contribution in [0.1, 0.15) is 39.0 Å². The van der Waals surface area contributed by atoms with Crippen LogP contribution in [-0.4, -0.2) is 18.9 Å². The fourth-order valence-corrected chi connectivity index (χ4v) is 1.80. The van der Waals surface area contributed by atoms with Crippen molar-refractivity contribution in [3.63, 3.8) is 0 Å². The maximum absolute atomic E-state index is 11.6. The molecule has 74 valence electrons. The molecule has 0 aromatic rings. The van der Waals surface area contributed by atoms with Crippen molar-refractivity contribution in [2.45, 2.75) is 39.0 Å². The number of ketones is 1. The Bertz CT molecular complexity index is 222. The van der Waals surface area contributed by atoms with E-state index in [-0.39, 0.29) is 11.8 Å². The Kier molecular flexibility index (Phi) is 3.07. The summed E-state index contributed by atoms with van der Waals surface area (Å²) in [4.78, 5) is 23.0. The summed E-state index contributed by atoms with van der Waals surface area (Å²) < 4.78 is 4.66. The van der Waals surface area contributed by atoms with Gasteiger partial charge in [-0.2, -0.15) is 0 Å². The van der Waals surface area contributed by atoms with Gasteiger partial charge in [0, 0.05) is 6.42 Å². The van der Waals surface area contributed by atoms with E-state index in [1.165, 1.54) is 7.11 Å². The van der Waals surface area contributed by atoms with Gasteiger partial charge in [0.05, 0.1) is 7.11 Å². The zero-order valence-corrected chi connectivity index (χ0v) is 8.26. The zero-order valence-electron chi connectivity index (χ0n) is 8.26. The van der Waals surface area contributed by atoms with E-state index in [0.717, 1.165) is 19.3 Å². The van der Waals surface area contributed by atoms with Crippen LogP contribution in [0, 0.1) is 5.41 Å². The number of carbonyl (C=O) groups is 2. The van der Waals surface area contributed by atoms with E-state index in [9.17, 15) is 9.59 Å². The molecule has 1 aliphatic carbocycles. The zero-order chi connectivity index (χ0) is 9.90. The van der Waals surface area contributed by atoms with E-state index in [4.69, 9.17) is 0 Å². The number of ether oxygens (including phenoxy) is 1. The first kappa shape index (κ1) is 10.2. The van der Waals surface area contributed by atoms with Gasteiger partial charge in [0.1, 0.15) is 11.2 Å². The third-order valence-electron chi connectivity index (χ3n) is 2.83. The van der Waals surface area contributed by atoms with Crippen LogP contribution in [0.25, 0.3) is 0 Å². The Morgan fingerprint density at radius 1 is 1.38 bits per heavy atom. The highest BCUT2D eigenvalue weighted by atomic mass is 16.5. The van der Waals surface area contributed by atoms with Crippen LogP contribution in [0.4, 0.5) is 0 Å². The minimum absolute atomic E-state index is 0.0388. The largest absolute Gasteiger partial charge is 0.468 e. The lowest BCUT2D eigenvalue weighted by molar-refractivity contribution is -0.157. The second kappa shape index (κ2) is 3.90. The lowest BCUT2D eigenvalue weighted by Gasteiger charge is -2.22. The fourth-order valence-electron chi connectivity index (χ4n) is 1.80. The van der Waals surface area contributed by atoms with Crippen molar-refractivity contribution in [3.05, 3.63) is 0 Å². The molecule has 0 aromatic carbocycles. The Morgan fingerprint density at radius 3 is 2.69 bits per heavy atom. The van der Waals surface area contributed by atoms with Crippen LogP contribution < -0.4 is 0 Å². The van der Waals surface area contributed by atoms with Crippen LogP contribution >= 0.6 is 0 Å². The highest BCUT2D eigenvalue weighted by Crippen LogP contribution is 2.32. The van der Waals surface area contributed by atoms with Gasteiger partial charge in [-0.15, -0.1) is 0 Å². The highest BCUT2D eigenvalue weighted by molar-refractivity contribution is 6.03. The quantitative estimate of drug-likeness (QED) is 0.354. The van der Waals surface area contributed by atoms with Gasteiger partial charge in [0.2, 0.25) is 0 Å². The maximum Gasteiger partial charge on any atom is 0.319 e. The van der Waals surface area contributed by atoms with Crippen LogP contribution in [0.15, 0.2) is 0 Å². The van der Waals surface area contributed by atoms with E-state index in [1.54, 1.807) is 6.92 Å². The molecule has 0 aliphatic heterocycles. The Balaban J connectivity index is 2.82. The molecule has 3 heteroatoms. The lowest BCUT2D eigenvalue weighted by Crippen LogP contribution is -2.36. The number of rotatable bonds is 1. The molecular weight excluding hydrogens is 168 g/mol. The van der Waals surface area contributed by atoms with Crippen molar-refractivity contribution in [2.75, 3.05) is 7.11 Å². The predicted molar refractivity (Wildman–Crippen MR) is 48.2 cm³/mol. The second-order valence-electron chi connectivity index (χ2n) is 3.81. The van der Waals surface area contributed by atoms with Crippen molar-refractivity contribution >= 4 is 11.8 Å². The average Bonchev–Trinajstić information content (AvgIpc) is 2.29. The Labute approximate surface area is 78.5 Å². The maximum atomic E-state index is 11.6. The third-order valence-corrected chi connectivity index (χ3v) is 2.83. The summed E-state index contributed by atoms with van der Waals surface area (Å²) in [6, 6.07) is 0. The van der Waals surface area contributed by atoms with E-state index in [0.29, 0.717) is 12.8 Å². The summed E-state index contributed by atoms with van der Waals surface area (Å²) in [5.41, 5.74) is -0.870. The molecule has 0 spiro atoms. The van der Waals surface area contributed by atoms with Crippen LogP contribution in [-0.2, 0) is 14.3 Å². The molecule has 0 aromatic heterocycles. The van der Waals surface area contributed by atoms with Crippen molar-refractivity contribution in [3.8, 4) is 0 Å².